The number of anilines is 1. The Bertz CT molecular complexity index is 1210. The van der Waals surface area contributed by atoms with Crippen LogP contribution in [0.5, 0.6) is 0 Å². The van der Waals surface area contributed by atoms with Crippen LogP contribution in [0.2, 0.25) is 5.02 Å². The summed E-state index contributed by atoms with van der Waals surface area (Å²) in [6.45, 7) is 2.58. The molecule has 0 aromatic heterocycles. The first-order chi connectivity index (χ1) is 21.8. The summed E-state index contributed by atoms with van der Waals surface area (Å²) in [6, 6.07) is 2.26. The third-order valence-corrected chi connectivity index (χ3v) is 9.73. The Hall–Kier alpha value is -2.93. The van der Waals surface area contributed by atoms with Crippen LogP contribution in [0.15, 0.2) is 12.1 Å². The number of likely N-dealkylation sites (tertiary alicyclic amines) is 1. The number of nitrogens with zero attached hydrogens (tertiary/aromatic N) is 3. The van der Waals surface area contributed by atoms with Crippen molar-refractivity contribution in [1.82, 2.24) is 25.3 Å². The highest BCUT2D eigenvalue weighted by Gasteiger charge is 2.38. The molecule has 4 N–H and O–H groups in total. The SMILES string of the molecule is CN(C)CCCCCNC(=O)[C@@H](Cc1cc(Cl)c(N)c(C(F)(F)F)c1)OC(=O)N1CCC(N2CCC3CCCCC3NC2=O)CC1. The summed E-state index contributed by atoms with van der Waals surface area (Å²) >= 11 is 6.03. The number of piperidine rings is 1. The maximum Gasteiger partial charge on any atom is 0.418 e. The first-order valence-electron chi connectivity index (χ1n) is 16.4. The number of halogens is 4. The molecule has 1 aromatic rings. The minimum atomic E-state index is -4.75. The van der Waals surface area contributed by atoms with Crippen LogP contribution in [0.4, 0.5) is 28.4 Å². The second kappa shape index (κ2) is 16.3. The van der Waals surface area contributed by atoms with Gasteiger partial charge in [-0.3, -0.25) is 4.79 Å². The lowest BCUT2D eigenvalue weighted by molar-refractivity contribution is -0.137. The average molecular weight is 673 g/mol. The maximum atomic E-state index is 13.6. The molecule has 0 radical (unpaired) electrons. The fraction of sp³-hybridized carbons (Fsp3) is 0.719. The van der Waals surface area contributed by atoms with Crippen molar-refractivity contribution in [2.45, 2.75) is 95.0 Å². The lowest BCUT2D eigenvalue weighted by Gasteiger charge is -2.38. The van der Waals surface area contributed by atoms with Crippen LogP contribution in [0.3, 0.4) is 0 Å². The summed E-state index contributed by atoms with van der Waals surface area (Å²) in [5, 5.41) is 5.70. The Labute approximate surface area is 274 Å². The molecular weight excluding hydrogens is 625 g/mol. The Morgan fingerprint density at radius 1 is 1.09 bits per heavy atom. The Morgan fingerprint density at radius 3 is 2.50 bits per heavy atom. The second-order valence-corrected chi connectivity index (χ2v) is 13.5. The number of amides is 4. The third kappa shape index (κ3) is 9.79. The van der Waals surface area contributed by atoms with E-state index in [2.05, 4.69) is 15.5 Å². The molecule has 4 rings (SSSR count). The molecule has 46 heavy (non-hydrogen) atoms. The number of carbonyl (C=O) groups excluding carboxylic acids is 3. The van der Waals surface area contributed by atoms with Crippen LogP contribution in [0.1, 0.15) is 75.3 Å². The number of nitrogens with two attached hydrogens (primary N) is 1. The van der Waals surface area contributed by atoms with E-state index in [1.807, 2.05) is 19.0 Å². The van der Waals surface area contributed by atoms with Gasteiger partial charge < -0.3 is 35.8 Å². The normalized spacial score (nSPS) is 21.8. The van der Waals surface area contributed by atoms with Crippen LogP contribution >= 0.6 is 11.6 Å². The number of nitrogens with one attached hydrogen (secondary N) is 2. The van der Waals surface area contributed by atoms with E-state index in [9.17, 15) is 27.6 Å². The highest BCUT2D eigenvalue weighted by atomic mass is 35.5. The molecule has 10 nitrogen and oxygen atoms in total. The highest BCUT2D eigenvalue weighted by Crippen LogP contribution is 2.38. The molecule has 2 aliphatic heterocycles. The number of unbranched alkanes of at least 4 members (excludes halogenated alkanes) is 2. The summed E-state index contributed by atoms with van der Waals surface area (Å²) < 4.78 is 46.5. The maximum absolute atomic E-state index is 13.6. The van der Waals surface area contributed by atoms with Gasteiger partial charge in [0.15, 0.2) is 6.10 Å². The Kier molecular flexibility index (Phi) is 12.7. The zero-order valence-corrected chi connectivity index (χ0v) is 27.6. The molecule has 3 aliphatic rings. The molecule has 1 aromatic carbocycles. The van der Waals surface area contributed by atoms with Gasteiger partial charge in [-0.05, 0) is 89.2 Å². The lowest BCUT2D eigenvalue weighted by atomic mass is 9.83. The van der Waals surface area contributed by atoms with Gasteiger partial charge in [-0.1, -0.05) is 30.9 Å². The van der Waals surface area contributed by atoms with E-state index in [-0.39, 0.29) is 35.1 Å². The van der Waals surface area contributed by atoms with Gasteiger partial charge in [0.2, 0.25) is 0 Å². The molecule has 4 amide bonds. The predicted octanol–water partition coefficient (Wildman–Crippen LogP) is 5.28. The van der Waals surface area contributed by atoms with Gasteiger partial charge in [0.05, 0.1) is 16.3 Å². The van der Waals surface area contributed by atoms with Gasteiger partial charge in [-0.25, -0.2) is 9.59 Å². The van der Waals surface area contributed by atoms with Crippen LogP contribution in [0.25, 0.3) is 0 Å². The molecule has 2 heterocycles. The van der Waals surface area contributed by atoms with Crippen molar-refractivity contribution in [2.24, 2.45) is 5.92 Å². The molecule has 3 fully saturated rings. The molecule has 0 spiro atoms. The summed E-state index contributed by atoms with van der Waals surface area (Å²) in [7, 11) is 3.96. The van der Waals surface area contributed by atoms with Crippen molar-refractivity contribution in [3.8, 4) is 0 Å². The standard InChI is InChI=1S/C32H48ClF3N6O4/c1-40(2)14-7-3-6-13-38-29(43)27(20-21-18-24(32(34,35)36)28(37)25(33)19-21)46-31(45)41-15-11-23(12-16-41)42-17-10-22-8-4-5-9-26(22)39-30(42)44/h18-19,22-23,26-27H,3-17,20,37H2,1-2H3,(H,38,43)(H,39,44)/t22?,26?,27-/m1/s1. The van der Waals surface area contributed by atoms with Crippen molar-refractivity contribution in [2.75, 3.05) is 52.6 Å². The molecule has 0 bridgehead atoms. The van der Waals surface area contributed by atoms with E-state index in [0.717, 1.165) is 51.1 Å². The summed E-state index contributed by atoms with van der Waals surface area (Å²) in [5.74, 6) is -0.0953. The predicted molar refractivity (Wildman–Crippen MR) is 170 cm³/mol. The number of hydrogen-bond donors (Lipinski definition) is 3. The van der Waals surface area contributed by atoms with E-state index < -0.39 is 35.5 Å². The molecule has 3 atom stereocenters. The van der Waals surface area contributed by atoms with E-state index in [1.165, 1.54) is 17.4 Å². The van der Waals surface area contributed by atoms with Crippen LogP contribution < -0.4 is 16.4 Å². The van der Waals surface area contributed by atoms with Crippen molar-refractivity contribution >= 4 is 35.3 Å². The zero-order chi connectivity index (χ0) is 33.4. The number of ether oxygens (including phenoxy) is 1. The number of urea groups is 1. The summed E-state index contributed by atoms with van der Waals surface area (Å²) in [5.41, 5.74) is 3.94. The van der Waals surface area contributed by atoms with E-state index in [4.69, 9.17) is 22.1 Å². The largest absolute Gasteiger partial charge is 0.436 e. The molecule has 14 heteroatoms. The first-order valence-corrected chi connectivity index (χ1v) is 16.8. The molecule has 2 saturated heterocycles. The van der Waals surface area contributed by atoms with Gasteiger partial charge in [0, 0.05) is 44.7 Å². The van der Waals surface area contributed by atoms with Crippen molar-refractivity contribution in [3.63, 3.8) is 0 Å². The minimum absolute atomic E-state index is 0.0199. The van der Waals surface area contributed by atoms with Crippen LogP contribution in [-0.4, -0.2) is 97.7 Å². The smallest absolute Gasteiger partial charge is 0.418 e. The summed E-state index contributed by atoms with van der Waals surface area (Å²) in [4.78, 5) is 45.0. The fourth-order valence-electron chi connectivity index (χ4n) is 6.78. The van der Waals surface area contributed by atoms with Crippen LogP contribution in [0, 0.1) is 5.92 Å². The molecule has 1 saturated carbocycles. The second-order valence-electron chi connectivity index (χ2n) is 13.1. The molecular formula is C32H48ClF3N6O4. The summed E-state index contributed by atoms with van der Waals surface area (Å²) in [6.07, 6.45) is 1.90. The number of hydrogen-bond acceptors (Lipinski definition) is 6. The van der Waals surface area contributed by atoms with Gasteiger partial charge in [0.25, 0.3) is 5.91 Å². The van der Waals surface area contributed by atoms with Gasteiger partial charge >= 0.3 is 18.3 Å². The molecule has 1 aliphatic carbocycles. The van der Waals surface area contributed by atoms with Crippen molar-refractivity contribution in [1.29, 1.82) is 0 Å². The number of carbonyl (C=O) groups is 3. The van der Waals surface area contributed by atoms with E-state index in [1.54, 1.807) is 0 Å². The number of rotatable bonds is 11. The van der Waals surface area contributed by atoms with Gasteiger partial charge in [0.1, 0.15) is 0 Å². The van der Waals surface area contributed by atoms with Gasteiger partial charge in [-0.15, -0.1) is 0 Å². The Balaban J connectivity index is 1.38. The minimum Gasteiger partial charge on any atom is -0.436 e. The third-order valence-electron chi connectivity index (χ3n) is 9.42. The van der Waals surface area contributed by atoms with Crippen molar-refractivity contribution in [3.05, 3.63) is 28.3 Å². The molecule has 258 valence electrons. The topological polar surface area (TPSA) is 120 Å². The monoisotopic (exact) mass is 672 g/mol. The molecule has 2 unspecified atom stereocenters. The number of fused-ring (bicyclic) bond motifs is 1. The van der Waals surface area contributed by atoms with E-state index >= 15 is 0 Å². The average Bonchev–Trinajstić information content (AvgIpc) is 3.17. The Morgan fingerprint density at radius 2 is 1.80 bits per heavy atom. The first kappa shape index (κ1) is 35.9. The fourth-order valence-corrected chi connectivity index (χ4v) is 7.02. The van der Waals surface area contributed by atoms with E-state index in [0.29, 0.717) is 51.4 Å². The van der Waals surface area contributed by atoms with Crippen molar-refractivity contribution < 1.29 is 32.3 Å². The lowest BCUT2D eigenvalue weighted by Crippen LogP contribution is -2.52. The van der Waals surface area contributed by atoms with Crippen LogP contribution in [-0.2, 0) is 22.1 Å². The quantitative estimate of drug-likeness (QED) is 0.218. The zero-order valence-electron chi connectivity index (χ0n) is 26.8. The number of benzene rings is 1. The number of nitrogen functional groups attached to an aromatic ring is 1. The van der Waals surface area contributed by atoms with Gasteiger partial charge in [-0.2, -0.15) is 13.2 Å². The number of alkyl halides is 3. The highest BCUT2D eigenvalue weighted by molar-refractivity contribution is 6.33.